The maximum absolute atomic E-state index is 13.5. The molecule has 0 bridgehead atoms. The Morgan fingerprint density at radius 1 is 1.21 bits per heavy atom. The summed E-state index contributed by atoms with van der Waals surface area (Å²) in [5.74, 6) is -0.987. The van der Waals surface area contributed by atoms with Crippen molar-refractivity contribution >= 4 is 23.0 Å². The van der Waals surface area contributed by atoms with Crippen molar-refractivity contribution in [1.82, 2.24) is 15.0 Å². The fourth-order valence-corrected chi connectivity index (χ4v) is 3.98. The molecule has 3 heterocycles. The Morgan fingerprint density at radius 2 is 1.96 bits per heavy atom. The number of fused-ring (bicyclic) bond motifs is 2. The number of amides is 1. The monoisotopic (exact) mass is 377 g/mol. The van der Waals surface area contributed by atoms with Gasteiger partial charge in [-0.3, -0.25) is 4.79 Å². The molecule has 0 radical (unpaired) electrons. The molecule has 7 heteroatoms. The highest BCUT2D eigenvalue weighted by Crippen LogP contribution is 2.41. The van der Waals surface area contributed by atoms with Crippen molar-refractivity contribution in [3.63, 3.8) is 0 Å². The number of carboxylic acid groups (broad SMARTS) is 1. The Kier molecular flexibility index (Phi) is 3.72. The van der Waals surface area contributed by atoms with Gasteiger partial charge in [-0.15, -0.1) is 0 Å². The second kappa shape index (κ2) is 6.15. The number of aryl methyl sites for hydroxylation is 1. The van der Waals surface area contributed by atoms with Gasteiger partial charge in [0.25, 0.3) is 11.6 Å². The quantitative estimate of drug-likeness (QED) is 0.753. The SMILES string of the molecule is Cc1noc2nc(C3CC3)cc(C(=O)N3Cc4ccccc4C[C@@H]3C(=O)O)c12. The van der Waals surface area contributed by atoms with Gasteiger partial charge in [0.05, 0.1) is 16.6 Å². The van der Waals surface area contributed by atoms with Crippen LogP contribution < -0.4 is 0 Å². The van der Waals surface area contributed by atoms with Crippen LogP contribution in [-0.4, -0.2) is 38.1 Å². The second-order valence-corrected chi connectivity index (χ2v) is 7.58. The van der Waals surface area contributed by atoms with Crippen molar-refractivity contribution in [2.45, 2.75) is 44.7 Å². The van der Waals surface area contributed by atoms with E-state index in [2.05, 4.69) is 10.1 Å². The van der Waals surface area contributed by atoms with Gasteiger partial charge < -0.3 is 14.5 Å². The minimum atomic E-state index is -1.00. The average molecular weight is 377 g/mol. The summed E-state index contributed by atoms with van der Waals surface area (Å²) < 4.78 is 5.33. The lowest BCUT2D eigenvalue weighted by Gasteiger charge is -2.34. The molecule has 1 aliphatic heterocycles. The van der Waals surface area contributed by atoms with Crippen molar-refractivity contribution in [2.24, 2.45) is 0 Å². The van der Waals surface area contributed by atoms with Crippen LogP contribution >= 0.6 is 0 Å². The van der Waals surface area contributed by atoms with Crippen LogP contribution in [0.25, 0.3) is 11.1 Å². The summed E-state index contributed by atoms with van der Waals surface area (Å²) >= 11 is 0. The summed E-state index contributed by atoms with van der Waals surface area (Å²) in [6, 6.07) is 8.55. The Morgan fingerprint density at radius 3 is 2.68 bits per heavy atom. The lowest BCUT2D eigenvalue weighted by Crippen LogP contribution is -2.48. The van der Waals surface area contributed by atoms with Crippen molar-refractivity contribution in [3.05, 3.63) is 58.4 Å². The summed E-state index contributed by atoms with van der Waals surface area (Å²) in [4.78, 5) is 31.5. The van der Waals surface area contributed by atoms with Gasteiger partial charge in [-0.1, -0.05) is 29.4 Å². The molecule has 7 nitrogen and oxygen atoms in total. The molecule has 2 aliphatic rings. The van der Waals surface area contributed by atoms with E-state index in [4.69, 9.17) is 4.52 Å². The van der Waals surface area contributed by atoms with E-state index in [-0.39, 0.29) is 12.5 Å². The fourth-order valence-electron chi connectivity index (χ4n) is 3.98. The number of hydrogen-bond acceptors (Lipinski definition) is 5. The van der Waals surface area contributed by atoms with E-state index >= 15 is 0 Å². The molecular weight excluding hydrogens is 358 g/mol. The molecule has 0 saturated heterocycles. The highest BCUT2D eigenvalue weighted by molar-refractivity contribution is 6.07. The first-order valence-electron chi connectivity index (χ1n) is 9.40. The number of aromatic nitrogens is 2. The van der Waals surface area contributed by atoms with Gasteiger partial charge in [-0.25, -0.2) is 9.78 Å². The lowest BCUT2D eigenvalue weighted by atomic mass is 9.93. The van der Waals surface area contributed by atoms with Crippen LogP contribution in [-0.2, 0) is 17.8 Å². The number of carbonyl (C=O) groups is 2. The largest absolute Gasteiger partial charge is 0.480 e. The first-order chi connectivity index (χ1) is 13.5. The highest BCUT2D eigenvalue weighted by atomic mass is 16.5. The van der Waals surface area contributed by atoms with Crippen LogP contribution in [0.4, 0.5) is 0 Å². The van der Waals surface area contributed by atoms with Gasteiger partial charge in [0.15, 0.2) is 0 Å². The molecule has 142 valence electrons. The molecule has 1 amide bonds. The van der Waals surface area contributed by atoms with Crippen LogP contribution in [0.2, 0.25) is 0 Å². The number of hydrogen-bond donors (Lipinski definition) is 1. The number of carboxylic acids is 1. The molecule has 1 N–H and O–H groups in total. The normalized spacial score (nSPS) is 18.9. The summed E-state index contributed by atoms with van der Waals surface area (Å²) in [7, 11) is 0. The van der Waals surface area contributed by atoms with Gasteiger partial charge in [-0.05, 0) is 37.0 Å². The van der Waals surface area contributed by atoms with Gasteiger partial charge in [0.2, 0.25) is 0 Å². The molecule has 1 aromatic carbocycles. The molecule has 1 saturated carbocycles. The van der Waals surface area contributed by atoms with E-state index in [1.807, 2.05) is 24.3 Å². The van der Waals surface area contributed by atoms with E-state index in [0.717, 1.165) is 29.7 Å². The van der Waals surface area contributed by atoms with E-state index in [1.165, 1.54) is 4.90 Å². The first kappa shape index (κ1) is 16.9. The lowest BCUT2D eigenvalue weighted by molar-refractivity contribution is -0.142. The smallest absolute Gasteiger partial charge is 0.326 e. The third kappa shape index (κ3) is 2.66. The molecule has 3 aromatic rings. The van der Waals surface area contributed by atoms with Crippen LogP contribution in [0, 0.1) is 6.92 Å². The van der Waals surface area contributed by atoms with E-state index in [0.29, 0.717) is 34.7 Å². The van der Waals surface area contributed by atoms with E-state index < -0.39 is 12.0 Å². The molecule has 28 heavy (non-hydrogen) atoms. The molecule has 2 aromatic heterocycles. The maximum Gasteiger partial charge on any atom is 0.326 e. The number of aliphatic carboxylic acids is 1. The van der Waals surface area contributed by atoms with Crippen LogP contribution in [0.1, 0.15) is 51.6 Å². The first-order valence-corrected chi connectivity index (χ1v) is 9.40. The number of carbonyl (C=O) groups excluding carboxylic acids is 1. The predicted octanol–water partition coefficient (Wildman–Crippen LogP) is 3.06. The van der Waals surface area contributed by atoms with Gasteiger partial charge in [-0.2, -0.15) is 0 Å². The molecule has 1 fully saturated rings. The number of pyridine rings is 1. The molecule has 0 unspecified atom stereocenters. The minimum Gasteiger partial charge on any atom is -0.480 e. The Hall–Kier alpha value is -3.22. The van der Waals surface area contributed by atoms with Crippen molar-refractivity contribution < 1.29 is 19.2 Å². The summed E-state index contributed by atoms with van der Waals surface area (Å²) in [5, 5.41) is 14.3. The highest BCUT2D eigenvalue weighted by Gasteiger charge is 2.37. The van der Waals surface area contributed by atoms with Crippen LogP contribution in [0.3, 0.4) is 0 Å². The zero-order chi connectivity index (χ0) is 19.4. The van der Waals surface area contributed by atoms with E-state index in [1.54, 1.807) is 13.0 Å². The predicted molar refractivity (Wildman–Crippen MR) is 100.0 cm³/mol. The number of benzene rings is 1. The van der Waals surface area contributed by atoms with Crippen LogP contribution in [0.5, 0.6) is 0 Å². The maximum atomic E-state index is 13.5. The zero-order valence-electron chi connectivity index (χ0n) is 15.4. The zero-order valence-corrected chi connectivity index (χ0v) is 15.4. The molecule has 5 rings (SSSR count). The Bertz CT molecular complexity index is 1120. The van der Waals surface area contributed by atoms with Crippen molar-refractivity contribution in [3.8, 4) is 0 Å². The Balaban J connectivity index is 1.62. The average Bonchev–Trinajstić information content (AvgIpc) is 3.49. The van der Waals surface area contributed by atoms with Gasteiger partial charge >= 0.3 is 5.97 Å². The molecule has 1 atom stereocenters. The number of rotatable bonds is 3. The van der Waals surface area contributed by atoms with Crippen molar-refractivity contribution in [1.29, 1.82) is 0 Å². The van der Waals surface area contributed by atoms with Gasteiger partial charge in [0.1, 0.15) is 6.04 Å². The number of nitrogens with zero attached hydrogens (tertiary/aromatic N) is 3. The van der Waals surface area contributed by atoms with Gasteiger partial charge in [0, 0.05) is 24.6 Å². The third-order valence-electron chi connectivity index (χ3n) is 5.66. The molecule has 0 spiro atoms. The van der Waals surface area contributed by atoms with E-state index in [9.17, 15) is 14.7 Å². The topological polar surface area (TPSA) is 96.5 Å². The Labute approximate surface area is 161 Å². The summed E-state index contributed by atoms with van der Waals surface area (Å²) in [6.07, 6.45) is 2.37. The van der Waals surface area contributed by atoms with Crippen molar-refractivity contribution in [2.75, 3.05) is 0 Å². The second-order valence-electron chi connectivity index (χ2n) is 7.58. The third-order valence-corrected chi connectivity index (χ3v) is 5.66. The standard InChI is InChI=1S/C21H19N3O4/c1-11-18-15(9-16(12-6-7-12)22-19(18)28-23-11)20(25)24-10-14-5-3-2-4-13(14)8-17(24)21(26)27/h2-5,9,12,17H,6-8,10H2,1H3,(H,26,27)/t17-/m1/s1. The molecular formula is C21H19N3O4. The summed E-state index contributed by atoms with van der Waals surface area (Å²) in [5.41, 5.74) is 4.11. The molecule has 1 aliphatic carbocycles. The van der Waals surface area contributed by atoms with Crippen LogP contribution in [0.15, 0.2) is 34.9 Å². The summed E-state index contributed by atoms with van der Waals surface area (Å²) in [6.45, 7) is 2.03. The fraction of sp³-hybridized carbons (Fsp3) is 0.333. The minimum absolute atomic E-state index is 0.263.